The normalized spacial score (nSPS) is 18.5. The molecule has 1 unspecified atom stereocenters. The van der Waals surface area contributed by atoms with E-state index in [2.05, 4.69) is 5.32 Å². The molecule has 1 saturated heterocycles. The minimum atomic E-state index is -0.275. The maximum absolute atomic E-state index is 11.6. The highest BCUT2D eigenvalue weighted by atomic mass is 127. The van der Waals surface area contributed by atoms with Gasteiger partial charge in [0.2, 0.25) is 0 Å². The van der Waals surface area contributed by atoms with Crippen LogP contribution in [0.2, 0.25) is 0 Å². The van der Waals surface area contributed by atoms with E-state index in [0.717, 1.165) is 25.9 Å². The number of halogens is 1. The molecule has 1 fully saturated rings. The molecule has 1 atom stereocenters. The first kappa shape index (κ1) is 14.7. The maximum Gasteiger partial charge on any atom is 0.318 e. The van der Waals surface area contributed by atoms with Crippen molar-refractivity contribution in [2.75, 3.05) is 26.3 Å². The van der Waals surface area contributed by atoms with Gasteiger partial charge in [0.05, 0.1) is 5.92 Å². The molecule has 5 nitrogen and oxygen atoms in total. The Labute approximate surface area is 115 Å². The van der Waals surface area contributed by atoms with E-state index in [4.69, 9.17) is 9.47 Å². The maximum atomic E-state index is 11.6. The Morgan fingerprint density at radius 2 is 1.88 bits per heavy atom. The summed E-state index contributed by atoms with van der Waals surface area (Å²) < 4.78 is 9.80. The molecule has 1 N–H and O–H groups in total. The van der Waals surface area contributed by atoms with Crippen molar-refractivity contribution < 1.29 is 19.1 Å². The number of carbonyl (C=O) groups is 2. The average molecular weight is 355 g/mol. The Kier molecular flexibility index (Phi) is 6.79. The van der Waals surface area contributed by atoms with Crippen molar-refractivity contribution in [2.24, 2.45) is 5.92 Å². The summed E-state index contributed by atoms with van der Waals surface area (Å²) in [4.78, 5) is 22.7. The second kappa shape index (κ2) is 7.86. The summed E-state index contributed by atoms with van der Waals surface area (Å²) in [6.45, 7) is 3.77. The Bertz CT molecular complexity index is 264. The summed E-state index contributed by atoms with van der Waals surface area (Å²) in [6, 6.07) is 0. The zero-order valence-electron chi connectivity index (χ0n) is 9.91. The first-order chi connectivity index (χ1) is 8.11. The largest absolute Gasteiger partial charge is 0.462 e. The number of rotatable bonds is 5. The van der Waals surface area contributed by atoms with Crippen LogP contribution in [0.4, 0.5) is 0 Å². The highest BCUT2D eigenvalue weighted by molar-refractivity contribution is 14.1. The number of ether oxygens (including phenoxy) is 2. The van der Waals surface area contributed by atoms with Crippen LogP contribution in [0.25, 0.3) is 0 Å². The van der Waals surface area contributed by atoms with Crippen molar-refractivity contribution in [3.8, 4) is 0 Å². The third kappa shape index (κ3) is 5.67. The van der Waals surface area contributed by atoms with Gasteiger partial charge in [-0.25, -0.2) is 0 Å². The molecule has 0 aromatic rings. The minimum absolute atomic E-state index is 0.00421. The number of hydrogen-bond donors (Lipinski definition) is 1. The van der Waals surface area contributed by atoms with Crippen molar-refractivity contribution >= 4 is 34.5 Å². The molecule has 98 valence electrons. The van der Waals surface area contributed by atoms with Crippen LogP contribution in [0.5, 0.6) is 0 Å². The van der Waals surface area contributed by atoms with Gasteiger partial charge in [-0.2, -0.15) is 0 Å². The average Bonchev–Trinajstić information content (AvgIpc) is 2.35. The fourth-order valence-corrected chi connectivity index (χ4v) is 1.75. The zero-order valence-corrected chi connectivity index (χ0v) is 12.1. The van der Waals surface area contributed by atoms with E-state index in [9.17, 15) is 9.59 Å². The van der Waals surface area contributed by atoms with Crippen LogP contribution in [-0.2, 0) is 19.1 Å². The quantitative estimate of drug-likeness (QED) is 0.344. The molecule has 17 heavy (non-hydrogen) atoms. The smallest absolute Gasteiger partial charge is 0.318 e. The first-order valence-corrected chi connectivity index (χ1v) is 7.04. The van der Waals surface area contributed by atoms with Gasteiger partial charge in [0, 0.05) is 0 Å². The van der Waals surface area contributed by atoms with E-state index in [1.54, 1.807) is 6.92 Å². The molecule has 6 heteroatoms. The number of piperidine rings is 1. The number of carbonyl (C=O) groups excluding carboxylic acids is 2. The van der Waals surface area contributed by atoms with Gasteiger partial charge in [-0.15, -0.1) is 0 Å². The molecule has 0 saturated carbocycles. The summed E-state index contributed by atoms with van der Waals surface area (Å²) in [7, 11) is 0. The number of alkyl halides is 1. The van der Waals surface area contributed by atoms with E-state index in [0.29, 0.717) is 0 Å². The monoisotopic (exact) mass is 355 g/mol. The third-order valence-electron chi connectivity index (χ3n) is 2.57. The Balaban J connectivity index is 2.09. The molecule has 0 aliphatic carbocycles. The Hall–Kier alpha value is -0.370. The van der Waals surface area contributed by atoms with Crippen LogP contribution < -0.4 is 5.32 Å². The highest BCUT2D eigenvalue weighted by Crippen LogP contribution is 2.13. The van der Waals surface area contributed by atoms with Crippen molar-refractivity contribution in [3.63, 3.8) is 0 Å². The van der Waals surface area contributed by atoms with E-state index in [-0.39, 0.29) is 35.0 Å². The van der Waals surface area contributed by atoms with Gasteiger partial charge in [-0.1, -0.05) is 22.6 Å². The molecule has 0 radical (unpaired) electrons. The number of nitrogens with one attached hydrogen (secondary N) is 1. The minimum Gasteiger partial charge on any atom is -0.462 e. The van der Waals surface area contributed by atoms with Crippen molar-refractivity contribution in [2.45, 2.75) is 23.7 Å². The summed E-state index contributed by atoms with van der Waals surface area (Å²) in [5.74, 6) is -0.455. The van der Waals surface area contributed by atoms with Crippen molar-refractivity contribution in [3.05, 3.63) is 0 Å². The third-order valence-corrected chi connectivity index (χ3v) is 3.08. The molecule has 1 heterocycles. The fourth-order valence-electron chi connectivity index (χ4n) is 1.57. The van der Waals surface area contributed by atoms with E-state index < -0.39 is 0 Å². The van der Waals surface area contributed by atoms with Crippen LogP contribution in [0.3, 0.4) is 0 Å². The van der Waals surface area contributed by atoms with E-state index in [1.165, 1.54) is 0 Å². The highest BCUT2D eigenvalue weighted by Gasteiger charge is 2.22. The molecular weight excluding hydrogens is 337 g/mol. The summed E-state index contributed by atoms with van der Waals surface area (Å²) in [5.41, 5.74) is 0. The van der Waals surface area contributed by atoms with Crippen LogP contribution in [0, 0.1) is 5.92 Å². The molecule has 1 aliphatic rings. The number of hydrogen-bond acceptors (Lipinski definition) is 5. The first-order valence-electron chi connectivity index (χ1n) is 5.79. The molecule has 0 aromatic carbocycles. The van der Waals surface area contributed by atoms with Gasteiger partial charge in [-0.3, -0.25) is 9.59 Å². The van der Waals surface area contributed by atoms with Gasteiger partial charge in [0.25, 0.3) is 0 Å². The second-order valence-electron chi connectivity index (χ2n) is 3.98. The van der Waals surface area contributed by atoms with E-state index in [1.807, 2.05) is 22.6 Å². The van der Waals surface area contributed by atoms with Gasteiger partial charge >= 0.3 is 11.9 Å². The molecule has 0 spiro atoms. The summed E-state index contributed by atoms with van der Waals surface area (Å²) >= 11 is 1.98. The lowest BCUT2D eigenvalue weighted by atomic mass is 9.99. The standard InChI is InChI=1S/C11H18INO4/c1-8(12)10(14)16-6-7-17-11(15)9-2-4-13-5-3-9/h8-9,13H,2-7H2,1H3. The van der Waals surface area contributed by atoms with Gasteiger partial charge < -0.3 is 14.8 Å². The van der Waals surface area contributed by atoms with Gasteiger partial charge in [-0.05, 0) is 32.9 Å². The second-order valence-corrected chi connectivity index (χ2v) is 5.84. The van der Waals surface area contributed by atoms with Crippen molar-refractivity contribution in [1.82, 2.24) is 5.32 Å². The molecular formula is C11H18INO4. The predicted molar refractivity (Wildman–Crippen MR) is 71.0 cm³/mol. The lowest BCUT2D eigenvalue weighted by Gasteiger charge is -2.20. The Morgan fingerprint density at radius 3 is 2.47 bits per heavy atom. The summed E-state index contributed by atoms with van der Waals surface area (Å²) in [6.07, 6.45) is 1.65. The van der Waals surface area contributed by atoms with Crippen LogP contribution in [0.1, 0.15) is 19.8 Å². The number of esters is 2. The zero-order chi connectivity index (χ0) is 12.7. The Morgan fingerprint density at radius 1 is 1.29 bits per heavy atom. The van der Waals surface area contributed by atoms with Crippen LogP contribution >= 0.6 is 22.6 Å². The van der Waals surface area contributed by atoms with Crippen molar-refractivity contribution in [1.29, 1.82) is 0 Å². The molecule has 0 bridgehead atoms. The van der Waals surface area contributed by atoms with Gasteiger partial charge in [0.1, 0.15) is 17.1 Å². The SMILES string of the molecule is CC(I)C(=O)OCCOC(=O)C1CCNCC1. The molecule has 1 rings (SSSR count). The molecule has 0 amide bonds. The topological polar surface area (TPSA) is 64.6 Å². The molecule has 1 aliphatic heterocycles. The predicted octanol–water partition coefficient (Wildman–Crippen LogP) is 0.896. The molecule has 0 aromatic heterocycles. The van der Waals surface area contributed by atoms with Gasteiger partial charge in [0.15, 0.2) is 0 Å². The van der Waals surface area contributed by atoms with Crippen LogP contribution in [0.15, 0.2) is 0 Å². The lowest BCUT2D eigenvalue weighted by Crippen LogP contribution is -2.33. The lowest BCUT2D eigenvalue weighted by molar-refractivity contribution is -0.155. The van der Waals surface area contributed by atoms with E-state index >= 15 is 0 Å². The van der Waals surface area contributed by atoms with Crippen LogP contribution in [-0.4, -0.2) is 42.2 Å². The fraction of sp³-hybridized carbons (Fsp3) is 0.818. The summed E-state index contributed by atoms with van der Waals surface area (Å²) in [5, 5.41) is 3.19.